The maximum Gasteiger partial charge on any atom is 0.256 e. The number of rotatable bonds is 4. The number of carbonyl (C=O) groups is 1. The molecule has 1 amide bonds. The molecule has 5 heteroatoms. The molecule has 0 bridgehead atoms. The quantitative estimate of drug-likeness (QED) is 0.379. The highest BCUT2D eigenvalue weighted by Gasteiger charge is 2.12. The molecule has 0 fully saturated rings. The number of aryl methyl sites for hydroxylation is 1. The first kappa shape index (κ1) is 17.7. The average Bonchev–Trinajstić information content (AvgIpc) is 3.11. The highest BCUT2D eigenvalue weighted by molar-refractivity contribution is 14.1. The van der Waals surface area contributed by atoms with Crippen molar-refractivity contribution in [3.05, 3.63) is 81.4 Å². The van der Waals surface area contributed by atoms with Crippen LogP contribution in [0.15, 0.2) is 71.1 Å². The lowest BCUT2D eigenvalue weighted by molar-refractivity contribution is 0.102. The number of benzene rings is 3. The van der Waals surface area contributed by atoms with Gasteiger partial charge in [0.05, 0.1) is 5.56 Å². The molecule has 0 aliphatic rings. The molecule has 4 aromatic rings. The zero-order chi connectivity index (χ0) is 18.8. The Bertz CT molecular complexity index is 1120. The van der Waals surface area contributed by atoms with Crippen molar-refractivity contribution in [3.63, 3.8) is 0 Å². The highest BCUT2D eigenvalue weighted by Crippen LogP contribution is 2.27. The molecule has 0 spiro atoms. The summed E-state index contributed by atoms with van der Waals surface area (Å²) in [4.78, 5) is 17.1. The molecule has 1 heterocycles. The van der Waals surface area contributed by atoms with Gasteiger partial charge in [0, 0.05) is 14.8 Å². The molecule has 0 aliphatic heterocycles. The number of aromatic nitrogens is 1. The summed E-state index contributed by atoms with van der Waals surface area (Å²) in [5, 5.41) is 2.93. The number of halogens is 1. The van der Waals surface area contributed by atoms with Crippen molar-refractivity contribution in [3.8, 4) is 11.5 Å². The SMILES string of the molecule is CCc1ccc(-c2nc3cc(NC(=O)c4ccccc4I)ccc3o2)cc1. The second-order valence-corrected chi connectivity index (χ2v) is 7.35. The van der Waals surface area contributed by atoms with Gasteiger partial charge in [-0.2, -0.15) is 0 Å². The van der Waals surface area contributed by atoms with E-state index < -0.39 is 0 Å². The van der Waals surface area contributed by atoms with Crippen molar-refractivity contribution >= 4 is 45.3 Å². The third-order valence-corrected chi connectivity index (χ3v) is 5.31. The topological polar surface area (TPSA) is 55.1 Å². The van der Waals surface area contributed by atoms with Gasteiger partial charge in [-0.1, -0.05) is 31.2 Å². The van der Waals surface area contributed by atoms with Gasteiger partial charge in [-0.3, -0.25) is 4.79 Å². The summed E-state index contributed by atoms with van der Waals surface area (Å²) < 4.78 is 6.78. The van der Waals surface area contributed by atoms with Gasteiger partial charge in [0.25, 0.3) is 5.91 Å². The van der Waals surface area contributed by atoms with Crippen molar-refractivity contribution in [2.75, 3.05) is 5.32 Å². The first-order valence-electron chi connectivity index (χ1n) is 8.70. The Morgan fingerprint density at radius 2 is 1.85 bits per heavy atom. The van der Waals surface area contributed by atoms with Gasteiger partial charge >= 0.3 is 0 Å². The Balaban J connectivity index is 1.60. The Hall–Kier alpha value is -2.67. The molecule has 27 heavy (non-hydrogen) atoms. The van der Waals surface area contributed by atoms with Crippen LogP contribution in [-0.4, -0.2) is 10.9 Å². The maximum atomic E-state index is 12.5. The minimum Gasteiger partial charge on any atom is -0.436 e. The number of hydrogen-bond donors (Lipinski definition) is 1. The molecule has 0 radical (unpaired) electrons. The third kappa shape index (κ3) is 3.73. The van der Waals surface area contributed by atoms with E-state index in [1.54, 1.807) is 0 Å². The Morgan fingerprint density at radius 1 is 1.07 bits per heavy atom. The van der Waals surface area contributed by atoms with Crippen molar-refractivity contribution < 1.29 is 9.21 Å². The summed E-state index contributed by atoms with van der Waals surface area (Å²) in [6, 6.07) is 21.2. The zero-order valence-electron chi connectivity index (χ0n) is 14.7. The summed E-state index contributed by atoms with van der Waals surface area (Å²) in [5.74, 6) is 0.437. The highest BCUT2D eigenvalue weighted by atomic mass is 127. The zero-order valence-corrected chi connectivity index (χ0v) is 16.9. The molecule has 4 rings (SSSR count). The van der Waals surface area contributed by atoms with Crippen LogP contribution in [0.1, 0.15) is 22.8 Å². The normalized spacial score (nSPS) is 10.9. The van der Waals surface area contributed by atoms with Crippen molar-refractivity contribution in [1.82, 2.24) is 4.98 Å². The lowest BCUT2D eigenvalue weighted by Crippen LogP contribution is -2.13. The Morgan fingerprint density at radius 3 is 2.59 bits per heavy atom. The van der Waals surface area contributed by atoms with E-state index in [1.165, 1.54) is 5.56 Å². The summed E-state index contributed by atoms with van der Waals surface area (Å²) >= 11 is 2.16. The van der Waals surface area contributed by atoms with Crippen LogP contribution in [0, 0.1) is 3.57 Å². The largest absolute Gasteiger partial charge is 0.436 e. The summed E-state index contributed by atoms with van der Waals surface area (Å²) in [7, 11) is 0. The third-order valence-electron chi connectivity index (χ3n) is 4.37. The van der Waals surface area contributed by atoms with Gasteiger partial charge < -0.3 is 9.73 Å². The van der Waals surface area contributed by atoms with Gasteiger partial charge in [0.2, 0.25) is 5.89 Å². The summed E-state index contributed by atoms with van der Waals surface area (Å²) in [6.45, 7) is 2.13. The smallest absolute Gasteiger partial charge is 0.256 e. The number of carbonyl (C=O) groups excluding carboxylic acids is 1. The van der Waals surface area contributed by atoms with Crippen LogP contribution < -0.4 is 5.32 Å². The molecule has 0 saturated carbocycles. The van der Waals surface area contributed by atoms with Crippen LogP contribution in [0.4, 0.5) is 5.69 Å². The molecule has 1 aromatic heterocycles. The van der Waals surface area contributed by atoms with E-state index in [0.29, 0.717) is 28.2 Å². The minimum absolute atomic E-state index is 0.141. The van der Waals surface area contributed by atoms with E-state index in [-0.39, 0.29) is 5.91 Å². The number of anilines is 1. The van der Waals surface area contributed by atoms with E-state index in [2.05, 4.69) is 51.9 Å². The second kappa shape index (κ2) is 7.52. The van der Waals surface area contributed by atoms with E-state index in [0.717, 1.165) is 15.6 Å². The lowest BCUT2D eigenvalue weighted by Gasteiger charge is -2.06. The molecule has 0 aliphatic carbocycles. The van der Waals surface area contributed by atoms with E-state index in [1.807, 2.05) is 54.6 Å². The molecular formula is C22H17IN2O2. The molecule has 3 aromatic carbocycles. The van der Waals surface area contributed by atoms with Crippen LogP contribution in [-0.2, 0) is 6.42 Å². The van der Waals surface area contributed by atoms with Crippen molar-refractivity contribution in [2.24, 2.45) is 0 Å². The fraction of sp³-hybridized carbons (Fsp3) is 0.0909. The van der Waals surface area contributed by atoms with Gasteiger partial charge in [-0.25, -0.2) is 4.98 Å². The molecule has 4 nitrogen and oxygen atoms in total. The molecule has 0 atom stereocenters. The van der Waals surface area contributed by atoms with Crippen LogP contribution in [0.5, 0.6) is 0 Å². The number of hydrogen-bond acceptors (Lipinski definition) is 3. The van der Waals surface area contributed by atoms with Crippen molar-refractivity contribution in [2.45, 2.75) is 13.3 Å². The number of amides is 1. The van der Waals surface area contributed by atoms with Crippen molar-refractivity contribution in [1.29, 1.82) is 0 Å². The fourth-order valence-corrected chi connectivity index (χ4v) is 3.49. The molecule has 0 saturated heterocycles. The van der Waals surface area contributed by atoms with Gasteiger partial charge in [0.1, 0.15) is 5.52 Å². The van der Waals surface area contributed by atoms with Crippen LogP contribution in [0.25, 0.3) is 22.6 Å². The van der Waals surface area contributed by atoms with Crippen LogP contribution in [0.2, 0.25) is 0 Å². The van der Waals surface area contributed by atoms with Crippen LogP contribution in [0.3, 0.4) is 0 Å². The van der Waals surface area contributed by atoms with E-state index >= 15 is 0 Å². The average molecular weight is 468 g/mol. The molecule has 1 N–H and O–H groups in total. The van der Waals surface area contributed by atoms with Crippen LogP contribution >= 0.6 is 22.6 Å². The number of nitrogens with one attached hydrogen (secondary N) is 1. The number of fused-ring (bicyclic) bond motifs is 1. The predicted octanol–water partition coefficient (Wildman–Crippen LogP) is 5.91. The molecule has 134 valence electrons. The monoisotopic (exact) mass is 468 g/mol. The minimum atomic E-state index is -0.141. The Kier molecular flexibility index (Phi) is 4.94. The van der Waals surface area contributed by atoms with Gasteiger partial charge in [-0.15, -0.1) is 0 Å². The first-order valence-corrected chi connectivity index (χ1v) is 9.77. The second-order valence-electron chi connectivity index (χ2n) is 6.19. The molecule has 0 unspecified atom stereocenters. The summed E-state index contributed by atoms with van der Waals surface area (Å²) in [6.07, 6.45) is 0.997. The number of oxazole rings is 1. The van der Waals surface area contributed by atoms with E-state index in [4.69, 9.17) is 4.42 Å². The summed E-state index contributed by atoms with van der Waals surface area (Å²) in [5.41, 5.74) is 4.95. The van der Waals surface area contributed by atoms with Gasteiger partial charge in [-0.05, 0) is 77.0 Å². The van der Waals surface area contributed by atoms with E-state index in [9.17, 15) is 4.79 Å². The number of nitrogens with zero attached hydrogens (tertiary/aromatic N) is 1. The fourth-order valence-electron chi connectivity index (χ4n) is 2.86. The first-order chi connectivity index (χ1) is 13.1. The lowest BCUT2D eigenvalue weighted by atomic mass is 10.1. The Labute approximate surface area is 170 Å². The van der Waals surface area contributed by atoms with Gasteiger partial charge in [0.15, 0.2) is 5.58 Å². The maximum absolute atomic E-state index is 12.5. The standard InChI is InChI=1S/C22H17IN2O2/c1-2-14-7-9-15(10-8-14)22-25-19-13-16(11-12-20(19)27-22)24-21(26)17-5-3-4-6-18(17)23/h3-13H,2H2,1H3,(H,24,26). The molecular weight excluding hydrogens is 451 g/mol. The predicted molar refractivity (Wildman–Crippen MR) is 116 cm³/mol.